The third-order valence-electron chi connectivity index (χ3n) is 3.91. The molecule has 1 fully saturated rings. The molecule has 112 valence electrons. The highest BCUT2D eigenvalue weighted by molar-refractivity contribution is 7.18. The van der Waals surface area contributed by atoms with Crippen molar-refractivity contribution >= 4 is 32.9 Å². The van der Waals surface area contributed by atoms with Crippen molar-refractivity contribution in [1.29, 1.82) is 0 Å². The molecule has 2 aromatic rings. The van der Waals surface area contributed by atoms with E-state index in [2.05, 4.69) is 22.5 Å². The van der Waals surface area contributed by atoms with Gasteiger partial charge in [0.1, 0.15) is 5.69 Å². The van der Waals surface area contributed by atoms with Gasteiger partial charge >= 0.3 is 0 Å². The Kier molecular flexibility index (Phi) is 3.77. The van der Waals surface area contributed by atoms with E-state index >= 15 is 0 Å². The first-order valence-electron chi connectivity index (χ1n) is 7.10. The van der Waals surface area contributed by atoms with Crippen LogP contribution >= 0.6 is 11.3 Å². The lowest BCUT2D eigenvalue weighted by Gasteiger charge is -2.31. The molecule has 2 atom stereocenters. The molecule has 0 saturated carbocycles. The van der Waals surface area contributed by atoms with Gasteiger partial charge in [-0.2, -0.15) is 0 Å². The largest absolute Gasteiger partial charge is 0.375 e. The molecule has 0 amide bonds. The van der Waals surface area contributed by atoms with Gasteiger partial charge < -0.3 is 10.6 Å². The molecule has 1 aliphatic heterocycles. The van der Waals surface area contributed by atoms with Crippen LogP contribution in [0.15, 0.2) is 12.1 Å². The number of rotatable bonds is 3. The maximum atomic E-state index is 11.3. The fraction of sp³-hybridized carbons (Fsp3) is 0.500. The minimum absolute atomic E-state index is 0.129. The van der Waals surface area contributed by atoms with Crippen LogP contribution in [-0.4, -0.2) is 28.5 Å². The van der Waals surface area contributed by atoms with Crippen LogP contribution in [-0.2, 0) is 0 Å². The number of anilines is 1. The second-order valence-corrected chi connectivity index (χ2v) is 6.70. The maximum absolute atomic E-state index is 11.3. The van der Waals surface area contributed by atoms with Gasteiger partial charge in [0.15, 0.2) is 0 Å². The summed E-state index contributed by atoms with van der Waals surface area (Å²) in [5.74, 6) is 0. The number of aromatic nitrogens is 1. The van der Waals surface area contributed by atoms with E-state index in [1.54, 1.807) is 12.1 Å². The van der Waals surface area contributed by atoms with Crippen LogP contribution in [0.2, 0.25) is 0 Å². The highest BCUT2D eigenvalue weighted by atomic mass is 32.1. The number of nitro groups is 1. The molecule has 1 saturated heterocycles. The lowest BCUT2D eigenvalue weighted by atomic mass is 9.99. The van der Waals surface area contributed by atoms with Gasteiger partial charge in [0.2, 0.25) is 0 Å². The van der Waals surface area contributed by atoms with Crippen molar-refractivity contribution in [3.8, 4) is 0 Å². The molecule has 1 aromatic carbocycles. The first kappa shape index (κ1) is 14.2. The molecule has 3 rings (SSSR count). The van der Waals surface area contributed by atoms with Crippen molar-refractivity contribution in [2.75, 3.05) is 11.9 Å². The fourth-order valence-electron chi connectivity index (χ4n) is 2.79. The Hall–Kier alpha value is -1.73. The normalized spacial score (nSPS) is 22.4. The van der Waals surface area contributed by atoms with E-state index in [1.165, 1.54) is 11.3 Å². The minimum Gasteiger partial charge on any atom is -0.375 e. The topological polar surface area (TPSA) is 80.1 Å². The van der Waals surface area contributed by atoms with Crippen LogP contribution < -0.4 is 10.6 Å². The number of piperidine rings is 1. The summed E-state index contributed by atoms with van der Waals surface area (Å²) >= 11 is 1.48. The summed E-state index contributed by atoms with van der Waals surface area (Å²) in [6, 6.07) is 3.93. The van der Waals surface area contributed by atoms with Crippen molar-refractivity contribution in [2.24, 2.45) is 0 Å². The predicted molar refractivity (Wildman–Crippen MR) is 85.1 cm³/mol. The van der Waals surface area contributed by atoms with Crippen LogP contribution in [0, 0.1) is 17.0 Å². The molecule has 1 aliphatic rings. The van der Waals surface area contributed by atoms with E-state index in [1.807, 2.05) is 6.92 Å². The maximum Gasteiger partial charge on any atom is 0.293 e. The first-order valence-corrected chi connectivity index (χ1v) is 7.92. The number of hydrogen-bond donors (Lipinski definition) is 2. The molecule has 1 aromatic heterocycles. The number of nitrogens with zero attached hydrogens (tertiary/aromatic N) is 2. The Balaban J connectivity index is 1.98. The molecule has 21 heavy (non-hydrogen) atoms. The van der Waals surface area contributed by atoms with Crippen LogP contribution in [0.4, 0.5) is 11.4 Å². The van der Waals surface area contributed by atoms with Crippen LogP contribution in [0.5, 0.6) is 0 Å². The van der Waals surface area contributed by atoms with E-state index in [-0.39, 0.29) is 16.7 Å². The average Bonchev–Trinajstić information content (AvgIpc) is 2.79. The third-order valence-corrected chi connectivity index (χ3v) is 4.85. The molecule has 2 N–H and O–H groups in total. The van der Waals surface area contributed by atoms with Gasteiger partial charge in [-0.05, 0) is 39.3 Å². The van der Waals surface area contributed by atoms with Gasteiger partial charge in [-0.3, -0.25) is 10.1 Å². The molecule has 2 unspecified atom stereocenters. The third kappa shape index (κ3) is 2.84. The van der Waals surface area contributed by atoms with Gasteiger partial charge in [-0.25, -0.2) is 4.98 Å². The zero-order valence-corrected chi connectivity index (χ0v) is 12.9. The molecule has 0 spiro atoms. The van der Waals surface area contributed by atoms with Gasteiger partial charge in [0.25, 0.3) is 5.69 Å². The van der Waals surface area contributed by atoms with Crippen LogP contribution in [0.1, 0.15) is 24.8 Å². The lowest BCUT2D eigenvalue weighted by Crippen LogP contribution is -2.46. The minimum atomic E-state index is -0.322. The van der Waals surface area contributed by atoms with E-state index in [0.717, 1.165) is 34.6 Å². The van der Waals surface area contributed by atoms with Gasteiger partial charge in [0, 0.05) is 18.2 Å². The number of nitrogens with one attached hydrogen (secondary N) is 2. The average molecular weight is 306 g/mol. The van der Waals surface area contributed by atoms with E-state index in [0.29, 0.717) is 11.7 Å². The predicted octanol–water partition coefficient (Wildman–Crippen LogP) is 3.07. The second-order valence-electron chi connectivity index (χ2n) is 5.46. The SMILES string of the molecule is Cc1nc2cc(NC3CCCNC3C)c([N+](=O)[O-])cc2s1. The van der Waals surface area contributed by atoms with Crippen molar-refractivity contribution < 1.29 is 4.92 Å². The van der Waals surface area contributed by atoms with E-state index in [4.69, 9.17) is 0 Å². The quantitative estimate of drug-likeness (QED) is 0.673. The Bertz CT molecular complexity index is 685. The second kappa shape index (κ2) is 5.57. The zero-order chi connectivity index (χ0) is 15.0. The molecule has 0 radical (unpaired) electrons. The number of fused-ring (bicyclic) bond motifs is 1. The van der Waals surface area contributed by atoms with Crippen LogP contribution in [0.3, 0.4) is 0 Å². The standard InChI is InChI=1S/C14H18N4O2S/c1-8-10(4-3-5-15-8)17-11-6-12-14(21-9(2)16-12)7-13(11)18(19)20/h6-8,10,15,17H,3-5H2,1-2H3. The summed E-state index contributed by atoms with van der Waals surface area (Å²) in [5, 5.41) is 19.0. The van der Waals surface area contributed by atoms with Crippen LogP contribution in [0.25, 0.3) is 10.2 Å². The number of benzene rings is 1. The molecular formula is C14H18N4O2S. The van der Waals surface area contributed by atoms with Crippen molar-refractivity contribution in [2.45, 2.75) is 38.8 Å². The summed E-state index contributed by atoms with van der Waals surface area (Å²) < 4.78 is 0.861. The lowest BCUT2D eigenvalue weighted by molar-refractivity contribution is -0.383. The van der Waals surface area contributed by atoms with E-state index < -0.39 is 0 Å². The Labute approximate surface area is 126 Å². The molecule has 0 bridgehead atoms. The van der Waals surface area contributed by atoms with Crippen molar-refractivity contribution in [1.82, 2.24) is 10.3 Å². The number of nitro benzene ring substituents is 1. The zero-order valence-electron chi connectivity index (χ0n) is 12.0. The Morgan fingerprint density at radius 3 is 3.05 bits per heavy atom. The molecular weight excluding hydrogens is 288 g/mol. The van der Waals surface area contributed by atoms with Crippen molar-refractivity contribution in [3.63, 3.8) is 0 Å². The van der Waals surface area contributed by atoms with Crippen molar-refractivity contribution in [3.05, 3.63) is 27.3 Å². The summed E-state index contributed by atoms with van der Waals surface area (Å²) in [5.41, 5.74) is 1.52. The smallest absolute Gasteiger partial charge is 0.293 e. The highest BCUT2D eigenvalue weighted by Gasteiger charge is 2.24. The summed E-state index contributed by atoms with van der Waals surface area (Å²) in [4.78, 5) is 15.4. The molecule has 6 nitrogen and oxygen atoms in total. The number of thiazole rings is 1. The van der Waals surface area contributed by atoms with Gasteiger partial charge in [-0.15, -0.1) is 11.3 Å². The monoisotopic (exact) mass is 306 g/mol. The molecule has 7 heteroatoms. The fourth-order valence-corrected chi connectivity index (χ4v) is 3.63. The molecule has 0 aliphatic carbocycles. The Morgan fingerprint density at radius 2 is 2.33 bits per heavy atom. The Morgan fingerprint density at radius 1 is 1.52 bits per heavy atom. The number of hydrogen-bond acceptors (Lipinski definition) is 6. The highest BCUT2D eigenvalue weighted by Crippen LogP contribution is 2.34. The molecule has 2 heterocycles. The summed E-state index contributed by atoms with van der Waals surface area (Å²) in [7, 11) is 0. The van der Waals surface area contributed by atoms with Gasteiger partial charge in [0.05, 0.1) is 20.1 Å². The first-order chi connectivity index (χ1) is 10.0. The van der Waals surface area contributed by atoms with E-state index in [9.17, 15) is 10.1 Å². The summed E-state index contributed by atoms with van der Waals surface area (Å²) in [6.45, 7) is 5.02. The summed E-state index contributed by atoms with van der Waals surface area (Å²) in [6.07, 6.45) is 2.09. The number of aryl methyl sites for hydroxylation is 1. The van der Waals surface area contributed by atoms with Gasteiger partial charge in [-0.1, -0.05) is 0 Å².